The maximum absolute atomic E-state index is 14.0. The van der Waals surface area contributed by atoms with Crippen LogP contribution >= 0.6 is 24.0 Å². The van der Waals surface area contributed by atoms with Crippen molar-refractivity contribution in [2.75, 3.05) is 40.3 Å². The number of aryl methyl sites for hydroxylation is 1. The number of nitrogens with one attached hydrogen (secondary N) is 1. The normalized spacial score (nSPS) is 17.2. The third-order valence-corrected chi connectivity index (χ3v) is 4.81. The number of halogens is 2. The van der Waals surface area contributed by atoms with Crippen molar-refractivity contribution in [1.82, 2.24) is 24.9 Å². The fourth-order valence-corrected chi connectivity index (χ4v) is 3.43. The summed E-state index contributed by atoms with van der Waals surface area (Å²) in [6.07, 6.45) is 3.81. The summed E-state index contributed by atoms with van der Waals surface area (Å²) in [6, 6.07) is 5.24. The van der Waals surface area contributed by atoms with Gasteiger partial charge in [0, 0.05) is 44.0 Å². The molecule has 1 saturated heterocycles. The second-order valence-corrected chi connectivity index (χ2v) is 7.59. The minimum Gasteiger partial charge on any atom is -0.370 e. The number of rotatable bonds is 6. The fourth-order valence-electron chi connectivity index (χ4n) is 3.43. The number of guanidine groups is 1. The summed E-state index contributed by atoms with van der Waals surface area (Å²) >= 11 is 0. The molecule has 9 heteroatoms. The van der Waals surface area contributed by atoms with Crippen molar-refractivity contribution in [2.24, 2.45) is 12.0 Å². The zero-order valence-corrected chi connectivity index (χ0v) is 20.5. The van der Waals surface area contributed by atoms with Crippen molar-refractivity contribution >= 4 is 29.9 Å². The maximum atomic E-state index is 14.0. The molecule has 0 bridgehead atoms. The second-order valence-electron chi connectivity index (χ2n) is 7.59. The number of morpholine rings is 1. The van der Waals surface area contributed by atoms with Crippen LogP contribution in [-0.2, 0) is 24.9 Å². The lowest BCUT2D eigenvalue weighted by Gasteiger charge is -2.34. The van der Waals surface area contributed by atoms with Gasteiger partial charge >= 0.3 is 0 Å². The zero-order chi connectivity index (χ0) is 20.8. The molecule has 1 atom stereocenters. The van der Waals surface area contributed by atoms with Gasteiger partial charge in [-0.1, -0.05) is 6.07 Å². The van der Waals surface area contributed by atoms with E-state index in [2.05, 4.69) is 22.2 Å². The molecule has 2 heterocycles. The molecule has 2 aromatic rings. The third kappa shape index (κ3) is 6.64. The first-order valence-corrected chi connectivity index (χ1v) is 10.0. The molecule has 1 aromatic carbocycles. The highest BCUT2D eigenvalue weighted by atomic mass is 127. The number of ether oxygens (including phenoxy) is 1. The number of hydrogen-bond acceptors (Lipinski definition) is 4. The second kappa shape index (κ2) is 11.6. The quantitative estimate of drug-likeness (QED) is 0.354. The van der Waals surface area contributed by atoms with E-state index in [0.29, 0.717) is 31.8 Å². The van der Waals surface area contributed by atoms with Crippen LogP contribution in [0.25, 0.3) is 0 Å². The molecule has 1 aromatic heterocycles. The Hall–Kier alpha value is -1.72. The Bertz CT molecular complexity index is 841. The zero-order valence-electron chi connectivity index (χ0n) is 18.1. The highest BCUT2D eigenvalue weighted by molar-refractivity contribution is 14.0. The summed E-state index contributed by atoms with van der Waals surface area (Å²) in [7, 11) is 5.78. The minimum atomic E-state index is -0.175. The average Bonchev–Trinajstić information content (AvgIpc) is 3.13. The van der Waals surface area contributed by atoms with E-state index in [4.69, 9.17) is 9.73 Å². The maximum Gasteiger partial charge on any atom is 0.194 e. The Morgan fingerprint density at radius 3 is 2.87 bits per heavy atom. The molecule has 0 spiro atoms. The van der Waals surface area contributed by atoms with Crippen LogP contribution in [0.2, 0.25) is 0 Å². The molecule has 1 aliphatic rings. The van der Waals surface area contributed by atoms with Crippen LogP contribution in [0, 0.1) is 5.82 Å². The van der Waals surface area contributed by atoms with Crippen molar-refractivity contribution in [1.29, 1.82) is 0 Å². The van der Waals surface area contributed by atoms with E-state index in [1.165, 1.54) is 6.07 Å². The lowest BCUT2D eigenvalue weighted by Crippen LogP contribution is -2.48. The van der Waals surface area contributed by atoms with Gasteiger partial charge in [0.15, 0.2) is 5.96 Å². The molecule has 3 rings (SSSR count). The Morgan fingerprint density at radius 2 is 2.20 bits per heavy atom. The molecule has 0 saturated carbocycles. The Kier molecular flexibility index (Phi) is 9.50. The van der Waals surface area contributed by atoms with E-state index in [9.17, 15) is 4.39 Å². The summed E-state index contributed by atoms with van der Waals surface area (Å²) in [5, 5.41) is 7.62. The van der Waals surface area contributed by atoms with Gasteiger partial charge in [-0.05, 0) is 38.7 Å². The van der Waals surface area contributed by atoms with Crippen LogP contribution in [0.15, 0.2) is 35.6 Å². The molecule has 0 radical (unpaired) electrons. The SMILES string of the molecule is CCNC(=NCc1ccc(F)c(CN(C)C)c1)N1CCOC(c2cnn(C)c2)C1.I. The molecule has 166 valence electrons. The van der Waals surface area contributed by atoms with Crippen LogP contribution in [0.1, 0.15) is 29.7 Å². The molecule has 30 heavy (non-hydrogen) atoms. The highest BCUT2D eigenvalue weighted by Gasteiger charge is 2.25. The van der Waals surface area contributed by atoms with Crippen LogP contribution < -0.4 is 5.32 Å². The molecule has 1 aliphatic heterocycles. The summed E-state index contributed by atoms with van der Waals surface area (Å²) < 4.78 is 21.8. The number of hydrogen-bond donors (Lipinski definition) is 1. The van der Waals surface area contributed by atoms with Crippen molar-refractivity contribution in [3.8, 4) is 0 Å². The lowest BCUT2D eigenvalue weighted by molar-refractivity contribution is -0.00805. The van der Waals surface area contributed by atoms with Crippen molar-refractivity contribution in [2.45, 2.75) is 26.1 Å². The summed E-state index contributed by atoms with van der Waals surface area (Å²) in [5.74, 6) is 0.675. The number of benzene rings is 1. The van der Waals surface area contributed by atoms with Gasteiger partial charge in [-0.25, -0.2) is 9.38 Å². The van der Waals surface area contributed by atoms with Crippen molar-refractivity contribution in [3.05, 3.63) is 53.1 Å². The average molecular weight is 530 g/mol. The monoisotopic (exact) mass is 530 g/mol. The first kappa shape index (κ1) is 24.5. The number of nitrogens with zero attached hydrogens (tertiary/aromatic N) is 5. The fraction of sp³-hybridized carbons (Fsp3) is 0.524. The molecule has 1 unspecified atom stereocenters. The Labute approximate surface area is 195 Å². The van der Waals surface area contributed by atoms with Crippen LogP contribution in [-0.4, -0.2) is 65.9 Å². The Morgan fingerprint density at radius 1 is 1.40 bits per heavy atom. The van der Waals surface area contributed by atoms with E-state index in [1.54, 1.807) is 10.7 Å². The largest absolute Gasteiger partial charge is 0.370 e. The van der Waals surface area contributed by atoms with Gasteiger partial charge < -0.3 is 19.9 Å². The summed E-state index contributed by atoms with van der Waals surface area (Å²) in [6.45, 7) is 6.03. The predicted octanol–water partition coefficient (Wildman–Crippen LogP) is 2.78. The van der Waals surface area contributed by atoms with Gasteiger partial charge in [0.2, 0.25) is 0 Å². The summed E-state index contributed by atoms with van der Waals surface area (Å²) in [4.78, 5) is 8.99. The summed E-state index contributed by atoms with van der Waals surface area (Å²) in [5.41, 5.74) is 2.76. The van der Waals surface area contributed by atoms with E-state index in [0.717, 1.165) is 30.2 Å². The molecule has 1 N–H and O–H groups in total. The minimum absolute atomic E-state index is 0. The van der Waals surface area contributed by atoms with Gasteiger partial charge in [-0.3, -0.25) is 4.68 Å². The van der Waals surface area contributed by atoms with Crippen LogP contribution in [0.3, 0.4) is 0 Å². The smallest absolute Gasteiger partial charge is 0.194 e. The molecule has 0 aliphatic carbocycles. The molecule has 7 nitrogen and oxygen atoms in total. The van der Waals surface area contributed by atoms with E-state index < -0.39 is 0 Å². The lowest BCUT2D eigenvalue weighted by atomic mass is 10.1. The first-order valence-electron chi connectivity index (χ1n) is 10.0. The number of aromatic nitrogens is 2. The molecular weight excluding hydrogens is 498 g/mol. The van der Waals surface area contributed by atoms with Crippen molar-refractivity contribution < 1.29 is 9.13 Å². The van der Waals surface area contributed by atoms with Gasteiger partial charge in [-0.2, -0.15) is 5.10 Å². The van der Waals surface area contributed by atoms with E-state index in [-0.39, 0.29) is 35.9 Å². The molecule has 0 amide bonds. The van der Waals surface area contributed by atoms with E-state index >= 15 is 0 Å². The van der Waals surface area contributed by atoms with E-state index in [1.807, 2.05) is 44.5 Å². The molecule has 1 fully saturated rings. The highest BCUT2D eigenvalue weighted by Crippen LogP contribution is 2.22. The molecular formula is C21H32FIN6O. The topological polar surface area (TPSA) is 57.9 Å². The third-order valence-electron chi connectivity index (χ3n) is 4.81. The first-order chi connectivity index (χ1) is 14.0. The van der Waals surface area contributed by atoms with Gasteiger partial charge in [0.05, 0.1) is 25.9 Å². The standard InChI is InChI=1S/C21H31FN6O.HI/c1-5-23-21(24-11-16-6-7-19(22)17(10-16)13-26(2)3)28-8-9-29-20(15-28)18-12-25-27(4)14-18;/h6-7,10,12,14,20H,5,8-9,11,13,15H2,1-4H3,(H,23,24);1H. The van der Waals surface area contributed by atoms with Gasteiger partial charge in [0.25, 0.3) is 0 Å². The predicted molar refractivity (Wildman–Crippen MR) is 127 cm³/mol. The number of aliphatic imine (C=N–C) groups is 1. The van der Waals surface area contributed by atoms with Gasteiger partial charge in [0.1, 0.15) is 11.9 Å². The van der Waals surface area contributed by atoms with Crippen LogP contribution in [0.5, 0.6) is 0 Å². The van der Waals surface area contributed by atoms with Crippen molar-refractivity contribution in [3.63, 3.8) is 0 Å². The van der Waals surface area contributed by atoms with Gasteiger partial charge in [-0.15, -0.1) is 24.0 Å². The Balaban J connectivity index is 0.00000320. The van der Waals surface area contributed by atoms with Crippen LogP contribution in [0.4, 0.5) is 4.39 Å².